The van der Waals surface area contributed by atoms with Gasteiger partial charge >= 0.3 is 0 Å². The lowest BCUT2D eigenvalue weighted by molar-refractivity contribution is 0.277. The highest BCUT2D eigenvalue weighted by atomic mass is 35.5. The van der Waals surface area contributed by atoms with Gasteiger partial charge in [-0.2, -0.15) is 0 Å². The van der Waals surface area contributed by atoms with Crippen LogP contribution in [0.25, 0.3) is 0 Å². The summed E-state index contributed by atoms with van der Waals surface area (Å²) < 4.78 is 0. The lowest BCUT2D eigenvalue weighted by Crippen LogP contribution is -2.60. The van der Waals surface area contributed by atoms with Gasteiger partial charge in [-0.3, -0.25) is 0 Å². The molecule has 0 bridgehead atoms. The molecule has 0 saturated carbocycles. The number of nitrogens with one attached hydrogen (secondary N) is 1. The Bertz CT molecular complexity index is 456. The largest absolute Gasteiger partial charge is 0.367 e. The van der Waals surface area contributed by atoms with Gasteiger partial charge in [0.2, 0.25) is 0 Å². The van der Waals surface area contributed by atoms with Gasteiger partial charge in [0.15, 0.2) is 0 Å². The van der Waals surface area contributed by atoms with Crippen LogP contribution in [0.15, 0.2) is 12.1 Å². The summed E-state index contributed by atoms with van der Waals surface area (Å²) in [5.74, 6) is 0. The van der Waals surface area contributed by atoms with Gasteiger partial charge in [-0.25, -0.2) is 0 Å². The third-order valence-corrected chi connectivity index (χ3v) is 5.01. The van der Waals surface area contributed by atoms with E-state index in [1.807, 2.05) is 19.1 Å². The van der Waals surface area contributed by atoms with Crippen molar-refractivity contribution < 1.29 is 0 Å². The van der Waals surface area contributed by atoms with Crippen LogP contribution in [-0.4, -0.2) is 25.2 Å². The topological polar surface area (TPSA) is 15.3 Å². The lowest BCUT2D eigenvalue weighted by atomic mass is 9.90. The van der Waals surface area contributed by atoms with Gasteiger partial charge < -0.3 is 10.2 Å². The van der Waals surface area contributed by atoms with Crippen LogP contribution in [0.4, 0.5) is 5.69 Å². The number of hydrogen-bond acceptors (Lipinski definition) is 2. The number of anilines is 1. The first-order chi connectivity index (χ1) is 9.01. The summed E-state index contributed by atoms with van der Waals surface area (Å²) in [5, 5.41) is 5.24. The molecule has 1 aliphatic heterocycles. The SMILES string of the molecule is CCC1(CC)CN(c2cc(Cl)c(C)cc2Cl)CCN1. The van der Waals surface area contributed by atoms with Crippen molar-refractivity contribution in [3.8, 4) is 0 Å². The average molecular weight is 301 g/mol. The van der Waals surface area contributed by atoms with Crippen LogP contribution in [0.1, 0.15) is 32.3 Å². The van der Waals surface area contributed by atoms with Crippen molar-refractivity contribution in [3.63, 3.8) is 0 Å². The van der Waals surface area contributed by atoms with E-state index in [0.29, 0.717) is 0 Å². The predicted octanol–water partition coefficient (Wildman–Crippen LogP) is 4.27. The zero-order chi connectivity index (χ0) is 14.0. The molecule has 0 unspecified atom stereocenters. The van der Waals surface area contributed by atoms with E-state index in [-0.39, 0.29) is 5.54 Å². The van der Waals surface area contributed by atoms with E-state index >= 15 is 0 Å². The summed E-state index contributed by atoms with van der Waals surface area (Å²) in [4.78, 5) is 2.36. The fraction of sp³-hybridized carbons (Fsp3) is 0.600. The molecule has 2 rings (SSSR count). The molecule has 1 saturated heterocycles. The Kier molecular flexibility index (Phi) is 4.65. The molecule has 19 heavy (non-hydrogen) atoms. The predicted molar refractivity (Wildman–Crippen MR) is 84.7 cm³/mol. The minimum atomic E-state index is 0.193. The van der Waals surface area contributed by atoms with Crippen molar-refractivity contribution in [3.05, 3.63) is 27.7 Å². The first-order valence-electron chi connectivity index (χ1n) is 6.97. The van der Waals surface area contributed by atoms with Gasteiger partial charge in [0.1, 0.15) is 0 Å². The second kappa shape index (κ2) is 5.90. The van der Waals surface area contributed by atoms with Crippen molar-refractivity contribution in [1.29, 1.82) is 0 Å². The Hall–Kier alpha value is -0.440. The molecular formula is C15H22Cl2N2. The van der Waals surface area contributed by atoms with Crippen LogP contribution in [-0.2, 0) is 0 Å². The van der Waals surface area contributed by atoms with Gasteiger partial charge in [-0.15, -0.1) is 0 Å². The molecular weight excluding hydrogens is 279 g/mol. The number of piperazine rings is 1. The van der Waals surface area contributed by atoms with E-state index in [4.69, 9.17) is 23.2 Å². The average Bonchev–Trinajstić information content (AvgIpc) is 2.43. The highest BCUT2D eigenvalue weighted by molar-refractivity contribution is 6.35. The van der Waals surface area contributed by atoms with Gasteiger partial charge in [0, 0.05) is 30.2 Å². The van der Waals surface area contributed by atoms with Crippen molar-refractivity contribution in [2.24, 2.45) is 0 Å². The summed E-state index contributed by atoms with van der Waals surface area (Å²) in [5.41, 5.74) is 2.28. The molecule has 0 spiro atoms. The molecule has 1 aromatic rings. The standard InChI is InChI=1S/C15H22Cl2N2/c1-4-15(5-2)10-19(7-6-18-15)14-9-12(16)11(3)8-13(14)17/h8-9,18H,4-7,10H2,1-3H3. The van der Waals surface area contributed by atoms with E-state index in [1.165, 1.54) is 0 Å². The maximum atomic E-state index is 6.39. The summed E-state index contributed by atoms with van der Waals surface area (Å²) >= 11 is 12.6. The van der Waals surface area contributed by atoms with Crippen molar-refractivity contribution >= 4 is 28.9 Å². The van der Waals surface area contributed by atoms with Crippen molar-refractivity contribution in [2.45, 2.75) is 39.2 Å². The third-order valence-electron chi connectivity index (χ3n) is 4.30. The van der Waals surface area contributed by atoms with Crippen LogP contribution in [0, 0.1) is 6.92 Å². The minimum absolute atomic E-state index is 0.193. The number of halogens is 2. The normalized spacial score (nSPS) is 18.7. The highest BCUT2D eigenvalue weighted by Gasteiger charge is 2.32. The van der Waals surface area contributed by atoms with E-state index in [9.17, 15) is 0 Å². The van der Waals surface area contributed by atoms with E-state index in [2.05, 4.69) is 24.1 Å². The number of hydrogen-bond donors (Lipinski definition) is 1. The Morgan fingerprint density at radius 2 is 1.89 bits per heavy atom. The number of nitrogens with zero attached hydrogens (tertiary/aromatic N) is 1. The molecule has 1 aliphatic rings. The molecule has 1 heterocycles. The van der Waals surface area contributed by atoms with Gasteiger partial charge in [0.25, 0.3) is 0 Å². The second-order valence-electron chi connectivity index (χ2n) is 5.39. The Labute approximate surface area is 126 Å². The van der Waals surface area contributed by atoms with Gasteiger partial charge in [-0.05, 0) is 37.5 Å². The third kappa shape index (κ3) is 3.01. The van der Waals surface area contributed by atoms with Crippen LogP contribution in [0.5, 0.6) is 0 Å². The summed E-state index contributed by atoms with van der Waals surface area (Å²) in [6.07, 6.45) is 2.24. The van der Waals surface area contributed by atoms with Crippen LogP contribution >= 0.6 is 23.2 Å². The molecule has 1 N–H and O–H groups in total. The number of aryl methyl sites for hydroxylation is 1. The quantitative estimate of drug-likeness (QED) is 0.897. The lowest BCUT2D eigenvalue weighted by Gasteiger charge is -2.44. The summed E-state index contributed by atoms with van der Waals surface area (Å²) in [6, 6.07) is 3.96. The van der Waals surface area contributed by atoms with Crippen molar-refractivity contribution in [2.75, 3.05) is 24.5 Å². The molecule has 0 aromatic heterocycles. The molecule has 106 valence electrons. The number of benzene rings is 1. The molecule has 2 nitrogen and oxygen atoms in total. The smallest absolute Gasteiger partial charge is 0.0643 e. The Morgan fingerprint density at radius 1 is 1.21 bits per heavy atom. The molecule has 0 aliphatic carbocycles. The zero-order valence-corrected chi connectivity index (χ0v) is 13.4. The summed E-state index contributed by atoms with van der Waals surface area (Å²) in [7, 11) is 0. The molecule has 1 fully saturated rings. The van der Waals surface area contributed by atoms with E-state index in [1.54, 1.807) is 0 Å². The van der Waals surface area contributed by atoms with Crippen molar-refractivity contribution in [1.82, 2.24) is 5.32 Å². The van der Waals surface area contributed by atoms with Crippen LogP contribution < -0.4 is 10.2 Å². The Morgan fingerprint density at radius 3 is 2.53 bits per heavy atom. The van der Waals surface area contributed by atoms with Gasteiger partial charge in [0.05, 0.1) is 10.7 Å². The molecule has 1 aromatic carbocycles. The van der Waals surface area contributed by atoms with Crippen LogP contribution in [0.2, 0.25) is 10.0 Å². The highest BCUT2D eigenvalue weighted by Crippen LogP contribution is 2.34. The Balaban J connectivity index is 2.29. The van der Waals surface area contributed by atoms with Gasteiger partial charge in [-0.1, -0.05) is 37.0 Å². The maximum absolute atomic E-state index is 6.39. The first kappa shape index (κ1) is 15.0. The summed E-state index contributed by atoms with van der Waals surface area (Å²) in [6.45, 7) is 9.41. The van der Waals surface area contributed by atoms with E-state index in [0.717, 1.165) is 53.8 Å². The monoisotopic (exact) mass is 300 g/mol. The first-order valence-corrected chi connectivity index (χ1v) is 7.72. The molecule has 0 atom stereocenters. The maximum Gasteiger partial charge on any atom is 0.0643 e. The molecule has 0 amide bonds. The number of rotatable bonds is 3. The molecule has 4 heteroatoms. The fourth-order valence-corrected chi connectivity index (χ4v) is 3.26. The minimum Gasteiger partial charge on any atom is -0.367 e. The fourth-order valence-electron chi connectivity index (χ4n) is 2.76. The van der Waals surface area contributed by atoms with Crippen LogP contribution in [0.3, 0.4) is 0 Å². The van der Waals surface area contributed by atoms with E-state index < -0.39 is 0 Å². The molecule has 0 radical (unpaired) electrons. The zero-order valence-electron chi connectivity index (χ0n) is 11.9. The second-order valence-corrected chi connectivity index (χ2v) is 6.20.